The number of hydrogen-bond donors (Lipinski definition) is 0. The van der Waals surface area contributed by atoms with Crippen molar-refractivity contribution >= 4 is 15.8 Å². The van der Waals surface area contributed by atoms with Gasteiger partial charge in [-0.25, -0.2) is 13.1 Å². The maximum absolute atomic E-state index is 11.9. The Kier molecular flexibility index (Phi) is 4.94. The first-order chi connectivity index (χ1) is 11.8. The van der Waals surface area contributed by atoms with Gasteiger partial charge in [0.05, 0.1) is 22.9 Å². The number of ether oxygens (including phenoxy) is 1. The van der Waals surface area contributed by atoms with E-state index in [0.717, 1.165) is 22.6 Å². The summed E-state index contributed by atoms with van der Waals surface area (Å²) in [5.74, 6) is -0.173. The van der Waals surface area contributed by atoms with E-state index >= 15 is 0 Å². The molecule has 1 aliphatic rings. The van der Waals surface area contributed by atoms with Crippen molar-refractivity contribution in [2.75, 3.05) is 11.5 Å². The Morgan fingerprint density at radius 1 is 1.28 bits per heavy atom. The van der Waals surface area contributed by atoms with Crippen LogP contribution in [0.4, 0.5) is 0 Å². The van der Waals surface area contributed by atoms with Gasteiger partial charge in [0, 0.05) is 12.1 Å². The molecule has 0 saturated carbocycles. The number of carbonyl (C=O) groups is 1. The minimum Gasteiger partial charge on any atom is -0.461 e. The molecule has 7 heteroatoms. The molecule has 1 fully saturated rings. The topological polar surface area (TPSA) is 78.3 Å². The number of hydrogen-bond acceptors (Lipinski definition) is 5. The lowest BCUT2D eigenvalue weighted by Gasteiger charge is -2.09. The third-order valence-electron chi connectivity index (χ3n) is 4.37. The van der Waals surface area contributed by atoms with Crippen LogP contribution in [-0.2, 0) is 26.0 Å². The summed E-state index contributed by atoms with van der Waals surface area (Å²) < 4.78 is 30.0. The highest BCUT2D eigenvalue weighted by Crippen LogP contribution is 2.22. The molecule has 2 aromatic rings. The molecule has 0 amide bonds. The molecular weight excluding hydrogens is 340 g/mol. The van der Waals surface area contributed by atoms with Crippen LogP contribution in [0, 0.1) is 19.8 Å². The minimum atomic E-state index is -2.96. The molecule has 1 saturated heterocycles. The van der Waals surface area contributed by atoms with E-state index in [1.807, 2.05) is 48.9 Å². The molecule has 0 aliphatic carbocycles. The number of aromatic nitrogens is 2. The summed E-state index contributed by atoms with van der Waals surface area (Å²) in [4.78, 5) is 11.9. The number of carbonyl (C=O) groups excluding carboxylic acids is 1. The van der Waals surface area contributed by atoms with E-state index < -0.39 is 9.84 Å². The van der Waals surface area contributed by atoms with Crippen LogP contribution < -0.4 is 0 Å². The minimum absolute atomic E-state index is 0.0967. The Morgan fingerprint density at radius 3 is 2.56 bits per heavy atom. The second-order valence-electron chi connectivity index (χ2n) is 6.64. The molecule has 1 aliphatic heterocycles. The molecule has 0 radical (unpaired) electrons. The first-order valence-corrected chi connectivity index (χ1v) is 10.1. The lowest BCUT2D eigenvalue weighted by atomic mass is 10.1. The van der Waals surface area contributed by atoms with Crippen LogP contribution in [0.1, 0.15) is 29.8 Å². The predicted octanol–water partition coefficient (Wildman–Crippen LogP) is 2.36. The fourth-order valence-electron chi connectivity index (χ4n) is 3.12. The molecule has 134 valence electrons. The van der Waals surface area contributed by atoms with Crippen molar-refractivity contribution in [2.45, 2.75) is 33.3 Å². The molecule has 0 bridgehead atoms. The molecular formula is C18H22N2O4S. The largest absolute Gasteiger partial charge is 0.461 e. The molecule has 25 heavy (non-hydrogen) atoms. The Bertz CT molecular complexity index is 869. The van der Waals surface area contributed by atoms with Crippen LogP contribution in [0.2, 0.25) is 0 Å². The fraction of sp³-hybridized carbons (Fsp3) is 0.444. The summed E-state index contributed by atoms with van der Waals surface area (Å²) >= 11 is 0. The molecule has 1 atom stereocenters. The van der Waals surface area contributed by atoms with E-state index in [9.17, 15) is 13.2 Å². The molecule has 1 aromatic carbocycles. The van der Waals surface area contributed by atoms with Gasteiger partial charge in [0.1, 0.15) is 6.61 Å². The van der Waals surface area contributed by atoms with E-state index in [-0.39, 0.29) is 36.4 Å². The van der Waals surface area contributed by atoms with Crippen molar-refractivity contribution in [1.82, 2.24) is 9.78 Å². The number of rotatable bonds is 5. The zero-order chi connectivity index (χ0) is 18.0. The Morgan fingerprint density at radius 2 is 2.00 bits per heavy atom. The SMILES string of the molecule is Cc1cc(C)n(-c2ccc(COC(=O)C[C@@H]3CCS(=O)(=O)C3)cc2)n1. The van der Waals surface area contributed by atoms with E-state index in [0.29, 0.717) is 6.42 Å². The summed E-state index contributed by atoms with van der Waals surface area (Å²) in [5, 5.41) is 4.44. The van der Waals surface area contributed by atoms with Gasteiger partial charge in [-0.15, -0.1) is 0 Å². The smallest absolute Gasteiger partial charge is 0.306 e. The average Bonchev–Trinajstić information content (AvgIpc) is 3.07. The van der Waals surface area contributed by atoms with Crippen LogP contribution in [0.15, 0.2) is 30.3 Å². The molecule has 0 N–H and O–H groups in total. The van der Waals surface area contributed by atoms with Gasteiger partial charge in [-0.3, -0.25) is 4.79 Å². The van der Waals surface area contributed by atoms with E-state index in [1.54, 1.807) is 0 Å². The maximum Gasteiger partial charge on any atom is 0.306 e. The Labute approximate surface area is 147 Å². The van der Waals surface area contributed by atoms with Crippen LogP contribution in [0.5, 0.6) is 0 Å². The van der Waals surface area contributed by atoms with E-state index in [1.165, 1.54) is 0 Å². The Hall–Kier alpha value is -2.15. The molecule has 3 rings (SSSR count). The second-order valence-corrected chi connectivity index (χ2v) is 8.87. The number of esters is 1. The standard InChI is InChI=1S/C18H22N2O4S/c1-13-9-14(2)20(19-13)17-5-3-15(4-6-17)11-24-18(21)10-16-7-8-25(22,23)12-16/h3-6,9,16H,7-8,10-12H2,1-2H3/t16-/m0/s1. The number of sulfone groups is 1. The zero-order valence-electron chi connectivity index (χ0n) is 14.4. The number of aryl methyl sites for hydroxylation is 2. The van der Waals surface area contributed by atoms with Gasteiger partial charge < -0.3 is 4.74 Å². The molecule has 0 unspecified atom stereocenters. The van der Waals surface area contributed by atoms with Gasteiger partial charge >= 0.3 is 5.97 Å². The van der Waals surface area contributed by atoms with Crippen molar-refractivity contribution in [3.8, 4) is 5.69 Å². The molecule has 2 heterocycles. The first-order valence-electron chi connectivity index (χ1n) is 8.31. The molecule has 6 nitrogen and oxygen atoms in total. The number of nitrogens with zero attached hydrogens (tertiary/aromatic N) is 2. The van der Waals surface area contributed by atoms with E-state index in [4.69, 9.17) is 4.74 Å². The van der Waals surface area contributed by atoms with Gasteiger partial charge in [-0.2, -0.15) is 5.10 Å². The zero-order valence-corrected chi connectivity index (χ0v) is 15.3. The van der Waals surface area contributed by atoms with Gasteiger partial charge in [-0.05, 0) is 49.9 Å². The normalized spacial score (nSPS) is 19.0. The van der Waals surface area contributed by atoms with Crippen molar-refractivity contribution in [3.63, 3.8) is 0 Å². The second kappa shape index (κ2) is 7.00. The Balaban J connectivity index is 1.53. The quantitative estimate of drug-likeness (QED) is 0.763. The van der Waals surface area contributed by atoms with Crippen LogP contribution >= 0.6 is 0 Å². The van der Waals surface area contributed by atoms with Gasteiger partial charge in [0.25, 0.3) is 0 Å². The highest BCUT2D eigenvalue weighted by Gasteiger charge is 2.29. The van der Waals surface area contributed by atoms with Gasteiger partial charge in [0.2, 0.25) is 0 Å². The lowest BCUT2D eigenvalue weighted by Crippen LogP contribution is -2.13. The van der Waals surface area contributed by atoms with Crippen molar-refractivity contribution in [1.29, 1.82) is 0 Å². The predicted molar refractivity (Wildman–Crippen MR) is 94.2 cm³/mol. The average molecular weight is 362 g/mol. The van der Waals surface area contributed by atoms with Crippen molar-refractivity contribution in [2.24, 2.45) is 5.92 Å². The highest BCUT2D eigenvalue weighted by atomic mass is 32.2. The summed E-state index contributed by atoms with van der Waals surface area (Å²) in [6.45, 7) is 4.14. The van der Waals surface area contributed by atoms with Gasteiger partial charge in [0.15, 0.2) is 9.84 Å². The van der Waals surface area contributed by atoms with Gasteiger partial charge in [-0.1, -0.05) is 12.1 Å². The third kappa shape index (κ3) is 4.48. The first kappa shape index (κ1) is 17.7. The van der Waals surface area contributed by atoms with Crippen LogP contribution in [0.25, 0.3) is 5.69 Å². The summed E-state index contributed by atoms with van der Waals surface area (Å²) in [6.07, 6.45) is 0.720. The van der Waals surface area contributed by atoms with Crippen molar-refractivity contribution < 1.29 is 17.9 Å². The summed E-state index contributed by atoms with van der Waals surface area (Å²) in [7, 11) is -2.96. The van der Waals surface area contributed by atoms with Crippen LogP contribution in [-0.4, -0.2) is 35.7 Å². The highest BCUT2D eigenvalue weighted by molar-refractivity contribution is 7.91. The van der Waals surface area contributed by atoms with Crippen molar-refractivity contribution in [3.05, 3.63) is 47.3 Å². The lowest BCUT2D eigenvalue weighted by molar-refractivity contribution is -0.145. The number of benzene rings is 1. The monoisotopic (exact) mass is 362 g/mol. The van der Waals surface area contributed by atoms with E-state index in [2.05, 4.69) is 5.10 Å². The van der Waals surface area contributed by atoms with Crippen LogP contribution in [0.3, 0.4) is 0 Å². The maximum atomic E-state index is 11.9. The summed E-state index contributed by atoms with van der Waals surface area (Å²) in [5.41, 5.74) is 3.86. The molecule has 1 aromatic heterocycles. The third-order valence-corrected chi connectivity index (χ3v) is 6.21. The summed E-state index contributed by atoms with van der Waals surface area (Å²) in [6, 6.07) is 9.69. The molecule has 0 spiro atoms. The fourth-order valence-corrected chi connectivity index (χ4v) is 4.98.